The number of amides is 1. The van der Waals surface area contributed by atoms with Crippen molar-refractivity contribution in [1.29, 1.82) is 0 Å². The van der Waals surface area contributed by atoms with E-state index >= 15 is 0 Å². The fourth-order valence-electron chi connectivity index (χ4n) is 5.03. The Morgan fingerprint density at radius 3 is 2.46 bits per heavy atom. The Hall–Kier alpha value is -2.22. The SMILES string of the molecule is COc1cc2c(cc1OC)C1=NC(=O)C(CC3CCCCC3)N1C(SCc1ccc(Cl)c(Cl)c1)=N2. The average Bonchev–Trinajstić information content (AvgIpc) is 3.20. The van der Waals surface area contributed by atoms with Crippen molar-refractivity contribution in [2.75, 3.05) is 14.2 Å². The lowest BCUT2D eigenvalue weighted by Crippen LogP contribution is -2.44. The molecule has 0 aromatic heterocycles. The monoisotopic (exact) mass is 531 g/mol. The topological polar surface area (TPSA) is 63.5 Å². The molecule has 1 amide bonds. The summed E-state index contributed by atoms with van der Waals surface area (Å²) in [5, 5.41) is 1.80. The van der Waals surface area contributed by atoms with Crippen LogP contribution in [-0.2, 0) is 10.5 Å². The molecular formula is C26H27Cl2N3O3S. The molecule has 1 saturated carbocycles. The number of carbonyl (C=O) groups is 1. The third-order valence-electron chi connectivity index (χ3n) is 6.84. The highest BCUT2D eigenvalue weighted by Gasteiger charge is 2.43. The zero-order valence-corrected chi connectivity index (χ0v) is 22.1. The first-order valence-electron chi connectivity index (χ1n) is 11.8. The quantitative estimate of drug-likeness (QED) is 0.406. The van der Waals surface area contributed by atoms with Gasteiger partial charge in [0, 0.05) is 17.4 Å². The highest BCUT2D eigenvalue weighted by molar-refractivity contribution is 8.13. The number of hydrogen-bond acceptors (Lipinski definition) is 6. The Bertz CT molecular complexity index is 1210. The molecule has 35 heavy (non-hydrogen) atoms. The first-order valence-corrected chi connectivity index (χ1v) is 13.6. The van der Waals surface area contributed by atoms with E-state index in [1.807, 2.05) is 29.2 Å². The molecule has 0 saturated heterocycles. The summed E-state index contributed by atoms with van der Waals surface area (Å²) in [7, 11) is 3.19. The number of nitrogens with zero attached hydrogens (tertiary/aromatic N) is 3. The molecule has 1 fully saturated rings. The zero-order valence-electron chi connectivity index (χ0n) is 19.7. The highest BCUT2D eigenvalue weighted by Crippen LogP contribution is 2.42. The van der Waals surface area contributed by atoms with Crippen molar-refractivity contribution in [2.24, 2.45) is 15.9 Å². The molecule has 2 heterocycles. The minimum absolute atomic E-state index is 0.101. The Kier molecular flexibility index (Phi) is 7.28. The van der Waals surface area contributed by atoms with Crippen LogP contribution < -0.4 is 9.47 Å². The largest absolute Gasteiger partial charge is 0.493 e. The molecule has 2 aromatic carbocycles. The lowest BCUT2D eigenvalue weighted by atomic mass is 9.84. The molecule has 184 valence electrons. The Balaban J connectivity index is 1.51. The molecule has 6 nitrogen and oxygen atoms in total. The van der Waals surface area contributed by atoms with Gasteiger partial charge in [-0.05, 0) is 36.1 Å². The first-order chi connectivity index (χ1) is 17.0. The van der Waals surface area contributed by atoms with Crippen LogP contribution >= 0.6 is 35.0 Å². The number of rotatable bonds is 6. The van der Waals surface area contributed by atoms with Crippen LogP contribution in [0, 0.1) is 5.92 Å². The van der Waals surface area contributed by atoms with Crippen LogP contribution in [0.1, 0.15) is 49.7 Å². The second-order valence-electron chi connectivity index (χ2n) is 9.06. The van der Waals surface area contributed by atoms with E-state index in [0.717, 1.165) is 35.6 Å². The van der Waals surface area contributed by atoms with Crippen LogP contribution in [0.3, 0.4) is 0 Å². The maximum absolute atomic E-state index is 13.2. The summed E-state index contributed by atoms with van der Waals surface area (Å²) in [6.07, 6.45) is 6.86. The molecule has 1 unspecified atom stereocenters. The fourth-order valence-corrected chi connectivity index (χ4v) is 6.34. The number of halogens is 2. The molecule has 1 atom stereocenters. The minimum atomic E-state index is -0.339. The number of methoxy groups -OCH3 is 2. The number of carbonyl (C=O) groups excluding carboxylic acids is 1. The van der Waals surface area contributed by atoms with Gasteiger partial charge in [-0.25, -0.2) is 4.99 Å². The van der Waals surface area contributed by atoms with E-state index in [-0.39, 0.29) is 11.9 Å². The lowest BCUT2D eigenvalue weighted by Gasteiger charge is -2.33. The molecule has 5 rings (SSSR count). The second kappa shape index (κ2) is 10.4. The van der Waals surface area contributed by atoms with Gasteiger partial charge in [-0.1, -0.05) is 73.1 Å². The summed E-state index contributed by atoms with van der Waals surface area (Å²) in [6, 6.07) is 8.98. The van der Waals surface area contributed by atoms with E-state index in [1.54, 1.807) is 32.0 Å². The van der Waals surface area contributed by atoms with Gasteiger partial charge in [0.1, 0.15) is 11.9 Å². The van der Waals surface area contributed by atoms with Crippen LogP contribution in [0.15, 0.2) is 40.3 Å². The molecule has 0 radical (unpaired) electrons. The summed E-state index contributed by atoms with van der Waals surface area (Å²) in [4.78, 5) is 24.8. The molecule has 0 N–H and O–H groups in total. The van der Waals surface area contributed by atoms with E-state index in [2.05, 4.69) is 4.99 Å². The van der Waals surface area contributed by atoms with Gasteiger partial charge in [0.15, 0.2) is 16.7 Å². The fraction of sp³-hybridized carbons (Fsp3) is 0.423. The second-order valence-corrected chi connectivity index (χ2v) is 10.8. The molecule has 0 bridgehead atoms. The molecule has 9 heteroatoms. The average molecular weight is 532 g/mol. The van der Waals surface area contributed by atoms with Gasteiger partial charge in [0.25, 0.3) is 5.91 Å². The predicted octanol–water partition coefficient (Wildman–Crippen LogP) is 6.87. The normalized spacial score (nSPS) is 19.7. The molecule has 1 aliphatic carbocycles. The minimum Gasteiger partial charge on any atom is -0.493 e. The first kappa shape index (κ1) is 24.5. The molecule has 2 aliphatic heterocycles. The zero-order chi connectivity index (χ0) is 24.5. The van der Waals surface area contributed by atoms with E-state index < -0.39 is 0 Å². The lowest BCUT2D eigenvalue weighted by molar-refractivity contribution is -0.120. The van der Waals surface area contributed by atoms with Crippen LogP contribution in [0.5, 0.6) is 11.5 Å². The predicted molar refractivity (Wildman–Crippen MR) is 143 cm³/mol. The Morgan fingerprint density at radius 1 is 1.00 bits per heavy atom. The maximum Gasteiger partial charge on any atom is 0.270 e. The van der Waals surface area contributed by atoms with Gasteiger partial charge in [0.05, 0.1) is 30.0 Å². The number of hydrogen-bond donors (Lipinski definition) is 0. The number of amidine groups is 2. The number of thioether (sulfide) groups is 1. The maximum atomic E-state index is 13.2. The Morgan fingerprint density at radius 2 is 1.74 bits per heavy atom. The standard InChI is InChI=1S/C26H27Cl2N3O3S/c1-33-22-12-17-20(13-23(22)34-2)29-26(35-14-16-8-9-18(27)19(28)10-16)31-21(25(32)30-24(17)31)11-15-6-4-3-5-7-15/h8-10,12-13,15,21H,3-7,11,14H2,1-2H3. The van der Waals surface area contributed by atoms with Crippen molar-refractivity contribution in [3.8, 4) is 11.5 Å². The summed E-state index contributed by atoms with van der Waals surface area (Å²) >= 11 is 13.9. The van der Waals surface area contributed by atoms with Crippen molar-refractivity contribution in [1.82, 2.24) is 4.90 Å². The number of benzene rings is 2. The van der Waals surface area contributed by atoms with Gasteiger partial charge in [-0.2, -0.15) is 4.99 Å². The van der Waals surface area contributed by atoms with Crippen LogP contribution in [0.2, 0.25) is 10.0 Å². The van der Waals surface area contributed by atoms with Gasteiger partial charge in [-0.15, -0.1) is 0 Å². The van der Waals surface area contributed by atoms with Crippen LogP contribution in [0.4, 0.5) is 5.69 Å². The summed E-state index contributed by atoms with van der Waals surface area (Å²) < 4.78 is 11.0. The van der Waals surface area contributed by atoms with Crippen LogP contribution in [-0.4, -0.2) is 42.1 Å². The van der Waals surface area contributed by atoms with E-state index in [9.17, 15) is 4.79 Å². The van der Waals surface area contributed by atoms with Gasteiger partial charge >= 0.3 is 0 Å². The smallest absolute Gasteiger partial charge is 0.270 e. The summed E-state index contributed by atoms with van der Waals surface area (Å²) in [5.74, 6) is 2.86. The summed E-state index contributed by atoms with van der Waals surface area (Å²) in [6.45, 7) is 0. The van der Waals surface area contributed by atoms with Crippen molar-refractivity contribution in [2.45, 2.75) is 50.3 Å². The molecule has 2 aromatic rings. The van der Waals surface area contributed by atoms with E-state index in [4.69, 9.17) is 37.7 Å². The third-order valence-corrected chi connectivity index (χ3v) is 8.60. The number of ether oxygens (including phenoxy) is 2. The van der Waals surface area contributed by atoms with Gasteiger partial charge < -0.3 is 9.47 Å². The van der Waals surface area contributed by atoms with Crippen molar-refractivity contribution in [3.63, 3.8) is 0 Å². The molecule has 0 spiro atoms. The molecule has 3 aliphatic rings. The van der Waals surface area contributed by atoms with E-state index in [1.165, 1.54) is 19.3 Å². The van der Waals surface area contributed by atoms with Gasteiger partial charge in [-0.3, -0.25) is 9.69 Å². The van der Waals surface area contributed by atoms with E-state index in [0.29, 0.717) is 44.7 Å². The molecular weight excluding hydrogens is 505 g/mol. The number of fused-ring (bicyclic) bond motifs is 3. The van der Waals surface area contributed by atoms with Crippen molar-refractivity contribution in [3.05, 3.63) is 51.5 Å². The van der Waals surface area contributed by atoms with Crippen LogP contribution in [0.25, 0.3) is 0 Å². The van der Waals surface area contributed by atoms with Crippen molar-refractivity contribution >= 4 is 57.6 Å². The van der Waals surface area contributed by atoms with Crippen molar-refractivity contribution < 1.29 is 14.3 Å². The Labute approximate surface area is 219 Å². The third kappa shape index (κ3) is 4.91. The highest BCUT2D eigenvalue weighted by atomic mass is 35.5. The number of aliphatic imine (C=N–C) groups is 2. The summed E-state index contributed by atoms with van der Waals surface area (Å²) in [5.41, 5.74) is 2.51. The van der Waals surface area contributed by atoms with Gasteiger partial charge in [0.2, 0.25) is 0 Å².